The highest BCUT2D eigenvalue weighted by molar-refractivity contribution is 7.16. The lowest BCUT2D eigenvalue weighted by Crippen LogP contribution is -2.65. The van der Waals surface area contributed by atoms with Crippen LogP contribution in [0.3, 0.4) is 0 Å². The number of nitrogens with one attached hydrogen (secondary N) is 1. The van der Waals surface area contributed by atoms with Crippen LogP contribution in [0.2, 0.25) is 0 Å². The van der Waals surface area contributed by atoms with Crippen molar-refractivity contribution in [3.05, 3.63) is 35.9 Å². The Bertz CT molecular complexity index is 583. The maximum atomic E-state index is 12.0. The van der Waals surface area contributed by atoms with Gasteiger partial charge in [-0.2, -0.15) is 0 Å². The summed E-state index contributed by atoms with van der Waals surface area (Å²) in [5.41, 5.74) is 6.53. The third kappa shape index (κ3) is 4.88. The van der Waals surface area contributed by atoms with Gasteiger partial charge >= 0.3 is 5.97 Å². The zero-order valence-electron chi connectivity index (χ0n) is 11.8. The van der Waals surface area contributed by atoms with Crippen LogP contribution < -0.4 is 11.1 Å². The molecule has 1 heterocycles. The molecular formula is C14H22N4O3P2. The lowest BCUT2D eigenvalue weighted by molar-refractivity contribution is -0.159. The van der Waals surface area contributed by atoms with Crippen molar-refractivity contribution in [3.8, 4) is 0 Å². The van der Waals surface area contributed by atoms with E-state index in [0.717, 1.165) is 5.56 Å². The van der Waals surface area contributed by atoms with Crippen LogP contribution >= 0.6 is 18.8 Å². The number of ether oxygens (including phenoxy) is 1. The zero-order chi connectivity index (χ0) is 16.1. The van der Waals surface area contributed by atoms with E-state index in [1.54, 1.807) is 0 Å². The van der Waals surface area contributed by atoms with Gasteiger partial charge < -0.3 is 20.5 Å². The molecule has 0 radical (unpaired) electrons. The van der Waals surface area contributed by atoms with Gasteiger partial charge in [0, 0.05) is 6.54 Å². The molecule has 0 saturated carbocycles. The number of nitrogens with zero attached hydrogens (tertiary/aromatic N) is 2. The zero-order valence-corrected chi connectivity index (χ0v) is 14.1. The van der Waals surface area contributed by atoms with E-state index in [0.29, 0.717) is 0 Å². The van der Waals surface area contributed by atoms with Gasteiger partial charge in [-0.15, -0.1) is 0 Å². The SMILES string of the molecule is C.NC(=NP)N(P)CC1C(=O)NC1C(=O)OCc1ccccc1. The summed E-state index contributed by atoms with van der Waals surface area (Å²) in [5.74, 6) is -0.920. The Labute approximate surface area is 140 Å². The smallest absolute Gasteiger partial charge is 0.329 e. The van der Waals surface area contributed by atoms with Gasteiger partial charge in [-0.3, -0.25) is 4.79 Å². The Morgan fingerprint density at radius 3 is 2.61 bits per heavy atom. The van der Waals surface area contributed by atoms with Crippen LogP contribution in [-0.4, -0.2) is 35.1 Å². The van der Waals surface area contributed by atoms with Gasteiger partial charge in [0.2, 0.25) is 5.91 Å². The summed E-state index contributed by atoms with van der Waals surface area (Å²) in [6, 6.07) is 8.70. The van der Waals surface area contributed by atoms with Crippen molar-refractivity contribution in [1.82, 2.24) is 9.99 Å². The van der Waals surface area contributed by atoms with Crippen molar-refractivity contribution in [3.63, 3.8) is 0 Å². The van der Waals surface area contributed by atoms with Gasteiger partial charge in [0.15, 0.2) is 5.96 Å². The van der Waals surface area contributed by atoms with E-state index in [4.69, 9.17) is 10.5 Å². The quantitative estimate of drug-likeness (QED) is 0.266. The molecule has 1 aromatic carbocycles. The lowest BCUT2D eigenvalue weighted by Gasteiger charge is -2.37. The predicted molar refractivity (Wildman–Crippen MR) is 96.1 cm³/mol. The summed E-state index contributed by atoms with van der Waals surface area (Å²) in [6.07, 6.45) is 0. The Balaban J connectivity index is 0.00000264. The van der Waals surface area contributed by atoms with Crippen LogP contribution in [0, 0.1) is 5.92 Å². The number of β-lactam (4-membered cyclic amide) rings is 1. The van der Waals surface area contributed by atoms with Crippen molar-refractivity contribution in [2.24, 2.45) is 16.4 Å². The molecular weight excluding hydrogens is 334 g/mol. The van der Waals surface area contributed by atoms with E-state index in [1.165, 1.54) is 4.67 Å². The number of nitrogens with two attached hydrogens (primary N) is 1. The van der Waals surface area contributed by atoms with Crippen molar-refractivity contribution in [1.29, 1.82) is 0 Å². The number of hydrogen-bond donors (Lipinski definition) is 2. The fraction of sp³-hybridized carbons (Fsp3) is 0.357. The number of benzene rings is 1. The number of rotatable bonds is 5. The van der Waals surface area contributed by atoms with Crippen LogP contribution in [0.25, 0.3) is 0 Å². The average molecular weight is 356 g/mol. The molecule has 1 amide bonds. The van der Waals surface area contributed by atoms with E-state index in [-0.39, 0.29) is 32.4 Å². The highest BCUT2D eigenvalue weighted by atomic mass is 31.0. The summed E-state index contributed by atoms with van der Waals surface area (Å²) < 4.78 is 10.5. The van der Waals surface area contributed by atoms with Crippen molar-refractivity contribution >= 4 is 36.6 Å². The Morgan fingerprint density at radius 1 is 1.39 bits per heavy atom. The van der Waals surface area contributed by atoms with Crippen LogP contribution in [0.5, 0.6) is 0 Å². The predicted octanol–water partition coefficient (Wildman–Crippen LogP) is 0.677. The molecule has 1 aliphatic heterocycles. The highest BCUT2D eigenvalue weighted by Gasteiger charge is 2.45. The first-order chi connectivity index (χ1) is 10.5. The van der Waals surface area contributed by atoms with E-state index in [2.05, 4.69) is 28.9 Å². The largest absolute Gasteiger partial charge is 0.459 e. The Hall–Kier alpha value is -1.71. The molecule has 3 N–H and O–H groups in total. The molecule has 4 atom stereocenters. The maximum absolute atomic E-state index is 12.0. The van der Waals surface area contributed by atoms with Gasteiger partial charge in [0.25, 0.3) is 0 Å². The molecule has 0 bridgehead atoms. The molecule has 9 heteroatoms. The first-order valence-electron chi connectivity index (χ1n) is 6.59. The number of hydrogen-bond acceptors (Lipinski definition) is 4. The number of amides is 1. The minimum atomic E-state index is -0.656. The first kappa shape index (κ1) is 19.3. The molecule has 0 spiro atoms. The second kappa shape index (κ2) is 8.80. The fourth-order valence-electron chi connectivity index (χ4n) is 2.03. The molecule has 1 aliphatic rings. The molecule has 7 nitrogen and oxygen atoms in total. The van der Waals surface area contributed by atoms with Gasteiger partial charge in [-0.25, -0.2) is 9.56 Å². The number of carbonyl (C=O) groups excluding carboxylic acids is 2. The third-order valence-corrected chi connectivity index (χ3v) is 4.07. The average Bonchev–Trinajstić information content (AvgIpc) is 2.55. The van der Waals surface area contributed by atoms with E-state index in [9.17, 15) is 9.59 Å². The molecule has 4 unspecified atom stereocenters. The van der Waals surface area contributed by atoms with Crippen molar-refractivity contribution in [2.45, 2.75) is 20.1 Å². The third-order valence-electron chi connectivity index (χ3n) is 3.33. The summed E-state index contributed by atoms with van der Waals surface area (Å²) >= 11 is 0. The minimum absolute atomic E-state index is 0. The fourth-order valence-corrected chi connectivity index (χ4v) is 2.60. The van der Waals surface area contributed by atoms with Gasteiger partial charge in [0.05, 0.1) is 5.92 Å². The minimum Gasteiger partial charge on any atom is -0.459 e. The molecule has 1 saturated heterocycles. The van der Waals surface area contributed by atoms with Gasteiger partial charge in [0.1, 0.15) is 12.6 Å². The Morgan fingerprint density at radius 2 is 2.04 bits per heavy atom. The van der Waals surface area contributed by atoms with Gasteiger partial charge in [-0.1, -0.05) is 37.8 Å². The van der Waals surface area contributed by atoms with Crippen LogP contribution in [0.1, 0.15) is 13.0 Å². The molecule has 1 fully saturated rings. The molecule has 1 aromatic rings. The first-order valence-corrected chi connectivity index (χ1v) is 7.62. The Kier molecular flexibility index (Phi) is 7.40. The monoisotopic (exact) mass is 356 g/mol. The number of carbonyl (C=O) groups is 2. The van der Waals surface area contributed by atoms with Crippen LogP contribution in [0.4, 0.5) is 0 Å². The summed E-state index contributed by atoms with van der Waals surface area (Å²) in [5, 5.41) is 2.56. The van der Waals surface area contributed by atoms with E-state index in [1.807, 2.05) is 30.3 Å². The maximum Gasteiger partial charge on any atom is 0.329 e. The second-order valence-corrected chi connectivity index (χ2v) is 5.71. The van der Waals surface area contributed by atoms with Crippen LogP contribution in [0.15, 0.2) is 35.1 Å². The topological polar surface area (TPSA) is 97.0 Å². The molecule has 126 valence electrons. The molecule has 0 aromatic heterocycles. The molecule has 2 rings (SSSR count). The summed E-state index contributed by atoms with van der Waals surface area (Å²) in [6.45, 7) is 0.448. The molecule has 23 heavy (non-hydrogen) atoms. The summed E-state index contributed by atoms with van der Waals surface area (Å²) in [7, 11) is 4.51. The summed E-state index contributed by atoms with van der Waals surface area (Å²) in [4.78, 5) is 23.7. The normalized spacial score (nSPS) is 19.9. The second-order valence-electron chi connectivity index (χ2n) is 4.83. The van der Waals surface area contributed by atoms with Crippen molar-refractivity contribution < 1.29 is 14.3 Å². The van der Waals surface area contributed by atoms with E-state index < -0.39 is 17.9 Å². The lowest BCUT2D eigenvalue weighted by atomic mass is 9.90. The molecule has 0 aliphatic carbocycles. The van der Waals surface area contributed by atoms with Gasteiger partial charge in [-0.05, 0) is 24.3 Å². The van der Waals surface area contributed by atoms with E-state index >= 15 is 0 Å². The number of guanidine groups is 1. The number of esters is 1. The van der Waals surface area contributed by atoms with Crippen molar-refractivity contribution in [2.75, 3.05) is 6.54 Å². The van der Waals surface area contributed by atoms with Crippen LogP contribution in [-0.2, 0) is 20.9 Å². The highest BCUT2D eigenvalue weighted by Crippen LogP contribution is 2.20. The standard InChI is InChI=1S/C13H18N4O3P2.CH4/c14-13(16-21)17(22)6-9-10(15-11(9)18)12(19)20-7-8-4-2-1-3-5-8;/h1-5,9-10H,6-7,21-22H2,(H2,14,16)(H,15,18);1H4.